The highest BCUT2D eigenvalue weighted by atomic mass is 14.5. The molecule has 0 spiro atoms. The maximum Gasteiger partial charge on any atom is 0.0949 e. The second-order valence-corrected chi connectivity index (χ2v) is 5.86. The Morgan fingerprint density at radius 3 is 2.61 bits per heavy atom. The Balaban J connectivity index is 2.17. The summed E-state index contributed by atoms with van der Waals surface area (Å²) in [5.74, 6) is 1.15. The first-order valence-corrected chi connectivity index (χ1v) is 6.86. The van der Waals surface area contributed by atoms with E-state index in [4.69, 9.17) is 0 Å². The number of hydrogen-bond acceptors (Lipinski definition) is 1. The fourth-order valence-corrected chi connectivity index (χ4v) is 4.21. The maximum atomic E-state index is 9.45. The van der Waals surface area contributed by atoms with Gasteiger partial charge in [0.1, 0.15) is 0 Å². The quantitative estimate of drug-likeness (QED) is 0.717. The van der Waals surface area contributed by atoms with Crippen LogP contribution in [-0.4, -0.2) is 0 Å². The summed E-state index contributed by atoms with van der Waals surface area (Å²) in [4.78, 5) is 0. The van der Waals surface area contributed by atoms with Crippen LogP contribution in [-0.2, 0) is 5.41 Å². The third kappa shape index (κ3) is 1.32. The number of benzene rings is 1. The van der Waals surface area contributed by atoms with Crippen LogP contribution >= 0.6 is 0 Å². The minimum absolute atomic E-state index is 0.0769. The van der Waals surface area contributed by atoms with Crippen molar-refractivity contribution in [3.8, 4) is 6.07 Å². The summed E-state index contributed by atoms with van der Waals surface area (Å²) in [7, 11) is 0. The van der Waals surface area contributed by atoms with Crippen molar-refractivity contribution >= 4 is 0 Å². The minimum Gasteiger partial charge on any atom is -0.193 e. The molecule has 3 atom stereocenters. The minimum atomic E-state index is 0.0769. The van der Waals surface area contributed by atoms with Gasteiger partial charge in [-0.3, -0.25) is 0 Å². The maximum absolute atomic E-state index is 9.45. The van der Waals surface area contributed by atoms with Crippen molar-refractivity contribution in [1.82, 2.24) is 0 Å². The van der Waals surface area contributed by atoms with Crippen LogP contribution < -0.4 is 0 Å². The summed E-state index contributed by atoms with van der Waals surface area (Å²) in [6.07, 6.45) is 3.74. The number of rotatable bonds is 1. The zero-order valence-electron chi connectivity index (χ0n) is 11.1. The Morgan fingerprint density at radius 2 is 1.94 bits per heavy atom. The lowest BCUT2D eigenvalue weighted by atomic mass is 9.69. The van der Waals surface area contributed by atoms with Crippen LogP contribution in [0.3, 0.4) is 0 Å². The second-order valence-electron chi connectivity index (χ2n) is 5.86. The van der Waals surface area contributed by atoms with Crippen molar-refractivity contribution in [2.24, 2.45) is 11.8 Å². The molecule has 18 heavy (non-hydrogen) atoms. The van der Waals surface area contributed by atoms with Crippen LogP contribution in [0.5, 0.6) is 0 Å². The summed E-state index contributed by atoms with van der Waals surface area (Å²) in [5.41, 5.74) is 3.84. The third-order valence-electron chi connectivity index (χ3n) is 5.31. The molecule has 1 heteroatoms. The standard InChI is InChI=1S/C17H19N/c1-12-15(11-18)14-9-6-10-16(14)17(12,2)13-7-4-3-5-8-13/h3-5,7-8,14,16H,6,9-10H2,1-2H3/t14-,16-,17-/m0/s1. The van der Waals surface area contributed by atoms with Gasteiger partial charge in [0.15, 0.2) is 0 Å². The van der Waals surface area contributed by atoms with Gasteiger partial charge in [-0.1, -0.05) is 43.7 Å². The fraction of sp³-hybridized carbons (Fsp3) is 0.471. The predicted molar refractivity (Wildman–Crippen MR) is 72.9 cm³/mol. The zero-order valence-corrected chi connectivity index (χ0v) is 11.1. The van der Waals surface area contributed by atoms with E-state index in [2.05, 4.69) is 50.2 Å². The molecule has 0 aliphatic heterocycles. The fourth-order valence-electron chi connectivity index (χ4n) is 4.21. The van der Waals surface area contributed by atoms with Crippen LogP contribution in [0.4, 0.5) is 0 Å². The number of nitriles is 1. The molecule has 0 saturated heterocycles. The molecule has 3 rings (SSSR count). The van der Waals surface area contributed by atoms with Gasteiger partial charge in [-0.2, -0.15) is 5.26 Å². The molecular weight excluding hydrogens is 218 g/mol. The highest BCUT2D eigenvalue weighted by Crippen LogP contribution is 2.58. The highest BCUT2D eigenvalue weighted by Gasteiger charge is 2.51. The zero-order chi connectivity index (χ0) is 12.8. The lowest BCUT2D eigenvalue weighted by Gasteiger charge is -2.34. The molecule has 0 radical (unpaired) electrons. The molecule has 0 N–H and O–H groups in total. The summed E-state index contributed by atoms with van der Waals surface area (Å²) in [6, 6.07) is 13.2. The van der Waals surface area contributed by atoms with Gasteiger partial charge in [-0.25, -0.2) is 0 Å². The van der Waals surface area contributed by atoms with Crippen molar-refractivity contribution in [1.29, 1.82) is 5.26 Å². The SMILES string of the molecule is CC1=C(C#N)[C@@H]2CCC[C@@H]2[C@]1(C)c1ccccc1. The smallest absolute Gasteiger partial charge is 0.0949 e. The Bertz CT molecular complexity index is 534. The summed E-state index contributed by atoms with van der Waals surface area (Å²) in [6.45, 7) is 4.51. The van der Waals surface area contributed by atoms with E-state index in [9.17, 15) is 5.26 Å². The van der Waals surface area contributed by atoms with Crippen molar-refractivity contribution in [2.45, 2.75) is 38.5 Å². The van der Waals surface area contributed by atoms with E-state index in [-0.39, 0.29) is 5.41 Å². The molecule has 0 aromatic heterocycles. The largest absolute Gasteiger partial charge is 0.193 e. The number of allylic oxidation sites excluding steroid dienone is 2. The molecule has 1 aromatic carbocycles. The Hall–Kier alpha value is -1.55. The van der Waals surface area contributed by atoms with E-state index in [1.165, 1.54) is 30.4 Å². The molecule has 2 aliphatic carbocycles. The topological polar surface area (TPSA) is 23.8 Å². The molecule has 1 aromatic rings. The van der Waals surface area contributed by atoms with Gasteiger partial charge in [0.2, 0.25) is 0 Å². The molecule has 2 aliphatic rings. The molecule has 0 bridgehead atoms. The first kappa shape index (κ1) is 11.5. The van der Waals surface area contributed by atoms with Crippen LogP contribution in [0.2, 0.25) is 0 Å². The molecule has 0 heterocycles. The first-order chi connectivity index (χ1) is 8.69. The molecule has 0 unspecified atom stereocenters. The lowest BCUT2D eigenvalue weighted by Crippen LogP contribution is -2.30. The predicted octanol–water partition coefficient (Wildman–Crippen LogP) is 4.21. The van der Waals surface area contributed by atoms with E-state index in [0.29, 0.717) is 11.8 Å². The normalized spacial score (nSPS) is 34.5. The average Bonchev–Trinajstić information content (AvgIpc) is 2.95. The highest BCUT2D eigenvalue weighted by molar-refractivity contribution is 5.49. The molecule has 0 amide bonds. The molecule has 92 valence electrons. The van der Waals surface area contributed by atoms with E-state index < -0.39 is 0 Å². The van der Waals surface area contributed by atoms with E-state index in [1.54, 1.807) is 0 Å². The van der Waals surface area contributed by atoms with Gasteiger partial charge in [0.05, 0.1) is 6.07 Å². The molecule has 1 fully saturated rings. The monoisotopic (exact) mass is 237 g/mol. The van der Waals surface area contributed by atoms with Gasteiger partial charge in [-0.15, -0.1) is 0 Å². The van der Waals surface area contributed by atoms with Crippen LogP contribution in [0.25, 0.3) is 0 Å². The van der Waals surface area contributed by atoms with Crippen molar-refractivity contribution in [2.75, 3.05) is 0 Å². The average molecular weight is 237 g/mol. The summed E-state index contributed by atoms with van der Waals surface area (Å²) >= 11 is 0. The van der Waals surface area contributed by atoms with Crippen LogP contribution in [0, 0.1) is 23.2 Å². The number of hydrogen-bond donors (Lipinski definition) is 0. The van der Waals surface area contributed by atoms with E-state index in [0.717, 1.165) is 5.57 Å². The lowest BCUT2D eigenvalue weighted by molar-refractivity contribution is 0.331. The van der Waals surface area contributed by atoms with Crippen LogP contribution in [0.15, 0.2) is 41.5 Å². The van der Waals surface area contributed by atoms with Gasteiger partial charge in [-0.05, 0) is 42.7 Å². The van der Waals surface area contributed by atoms with E-state index in [1.807, 2.05) is 0 Å². The second kappa shape index (κ2) is 3.99. The number of fused-ring (bicyclic) bond motifs is 1. The van der Waals surface area contributed by atoms with Gasteiger partial charge < -0.3 is 0 Å². The summed E-state index contributed by atoms with van der Waals surface area (Å²) in [5, 5.41) is 9.45. The van der Waals surface area contributed by atoms with Crippen LogP contribution in [0.1, 0.15) is 38.7 Å². The molecule has 1 nitrogen and oxygen atoms in total. The first-order valence-electron chi connectivity index (χ1n) is 6.86. The Kier molecular flexibility index (Phi) is 2.55. The van der Waals surface area contributed by atoms with Crippen molar-refractivity contribution in [3.05, 3.63) is 47.0 Å². The number of nitrogens with zero attached hydrogens (tertiary/aromatic N) is 1. The van der Waals surface area contributed by atoms with Gasteiger partial charge >= 0.3 is 0 Å². The Morgan fingerprint density at radius 1 is 1.22 bits per heavy atom. The van der Waals surface area contributed by atoms with Gasteiger partial charge in [0.25, 0.3) is 0 Å². The Labute approximate surface area is 109 Å². The van der Waals surface area contributed by atoms with E-state index >= 15 is 0 Å². The summed E-state index contributed by atoms with van der Waals surface area (Å²) < 4.78 is 0. The van der Waals surface area contributed by atoms with Crippen molar-refractivity contribution in [3.63, 3.8) is 0 Å². The molecular formula is C17H19N. The molecule has 1 saturated carbocycles. The van der Waals surface area contributed by atoms with Gasteiger partial charge in [0, 0.05) is 11.0 Å². The van der Waals surface area contributed by atoms with Crippen molar-refractivity contribution < 1.29 is 0 Å². The third-order valence-corrected chi connectivity index (χ3v) is 5.31.